The second-order valence-electron chi connectivity index (χ2n) is 5.05. The zero-order valence-corrected chi connectivity index (χ0v) is 13.2. The fraction of sp³-hybridized carbons (Fsp3) is 0.571. The summed E-state index contributed by atoms with van der Waals surface area (Å²) >= 11 is 0. The number of sulfonamides is 1. The summed E-state index contributed by atoms with van der Waals surface area (Å²) in [7, 11) is -0.402. The molecule has 0 aromatic heterocycles. The van der Waals surface area contributed by atoms with Gasteiger partial charge in [0.2, 0.25) is 10.0 Å². The predicted molar refractivity (Wildman–Crippen MR) is 79.9 cm³/mol. The van der Waals surface area contributed by atoms with Gasteiger partial charge in [0.1, 0.15) is 5.75 Å². The number of nitrogens with two attached hydrogens (primary N) is 1. The van der Waals surface area contributed by atoms with Crippen LogP contribution < -0.4 is 10.5 Å². The highest BCUT2D eigenvalue weighted by molar-refractivity contribution is 7.89. The van der Waals surface area contributed by atoms with E-state index in [0.29, 0.717) is 42.4 Å². The Labute approximate surface area is 125 Å². The Kier molecular flexibility index (Phi) is 5.21. The summed E-state index contributed by atoms with van der Waals surface area (Å²) in [4.78, 5) is 0.295. The monoisotopic (exact) mass is 314 g/mol. The molecule has 1 saturated heterocycles. The average Bonchev–Trinajstić information content (AvgIpc) is 3.00. The van der Waals surface area contributed by atoms with Crippen molar-refractivity contribution in [2.24, 2.45) is 5.73 Å². The summed E-state index contributed by atoms with van der Waals surface area (Å²) in [6.07, 6.45) is 1.21. The second-order valence-corrected chi connectivity index (χ2v) is 7.02. The van der Waals surface area contributed by atoms with Crippen LogP contribution >= 0.6 is 0 Å². The van der Waals surface area contributed by atoms with Crippen LogP contribution in [0.25, 0.3) is 0 Å². The van der Waals surface area contributed by atoms with Crippen molar-refractivity contribution in [3.8, 4) is 5.75 Å². The molecule has 0 aliphatic carbocycles. The lowest BCUT2D eigenvalue weighted by Gasteiger charge is -2.24. The molecule has 2 rings (SSSR count). The van der Waals surface area contributed by atoms with Crippen LogP contribution in [-0.4, -0.2) is 52.7 Å². The number of hydrogen-bond donors (Lipinski definition) is 1. The normalized spacial score (nSPS) is 19.1. The van der Waals surface area contributed by atoms with E-state index in [0.717, 1.165) is 6.42 Å². The number of benzene rings is 1. The van der Waals surface area contributed by atoms with Gasteiger partial charge in [0.25, 0.3) is 0 Å². The SMILES string of the molecule is COc1ccc(S(=O)(=O)N(C)C2CCOC2)c(CCN)c1. The maximum atomic E-state index is 12.8. The number of nitrogens with zero attached hydrogens (tertiary/aromatic N) is 1. The first-order valence-electron chi connectivity index (χ1n) is 6.93. The van der Waals surface area contributed by atoms with E-state index in [1.165, 1.54) is 4.31 Å². The fourth-order valence-electron chi connectivity index (χ4n) is 2.45. The van der Waals surface area contributed by atoms with Gasteiger partial charge in [0.05, 0.1) is 24.7 Å². The minimum absolute atomic E-state index is 0.108. The van der Waals surface area contributed by atoms with Crippen LogP contribution in [0.5, 0.6) is 5.75 Å². The van der Waals surface area contributed by atoms with E-state index in [9.17, 15) is 8.42 Å². The van der Waals surface area contributed by atoms with Gasteiger partial charge in [-0.05, 0) is 43.1 Å². The largest absolute Gasteiger partial charge is 0.497 e. The van der Waals surface area contributed by atoms with Gasteiger partial charge in [-0.3, -0.25) is 0 Å². The van der Waals surface area contributed by atoms with E-state index in [4.69, 9.17) is 15.2 Å². The molecule has 118 valence electrons. The Balaban J connectivity index is 2.38. The second kappa shape index (κ2) is 6.74. The molecule has 0 radical (unpaired) electrons. The summed E-state index contributed by atoms with van der Waals surface area (Å²) in [5, 5.41) is 0. The number of likely N-dealkylation sites (N-methyl/N-ethyl adjacent to an activating group) is 1. The maximum absolute atomic E-state index is 12.8. The molecule has 1 heterocycles. The highest BCUT2D eigenvalue weighted by atomic mass is 32.2. The quantitative estimate of drug-likeness (QED) is 0.832. The van der Waals surface area contributed by atoms with Gasteiger partial charge in [-0.1, -0.05) is 0 Å². The third-order valence-electron chi connectivity index (χ3n) is 3.76. The Morgan fingerprint density at radius 1 is 1.48 bits per heavy atom. The Bertz CT molecular complexity index is 583. The van der Waals surface area contributed by atoms with E-state index in [1.54, 1.807) is 32.4 Å². The summed E-state index contributed by atoms with van der Waals surface area (Å²) in [6.45, 7) is 1.42. The van der Waals surface area contributed by atoms with Crippen molar-refractivity contribution in [2.75, 3.05) is 33.9 Å². The van der Waals surface area contributed by atoms with Gasteiger partial charge in [0.15, 0.2) is 0 Å². The van der Waals surface area contributed by atoms with Crippen molar-refractivity contribution in [3.63, 3.8) is 0 Å². The number of rotatable bonds is 6. The summed E-state index contributed by atoms with van der Waals surface area (Å²) in [5.41, 5.74) is 6.28. The van der Waals surface area contributed by atoms with Crippen LogP contribution in [0.15, 0.2) is 23.1 Å². The summed E-state index contributed by atoms with van der Waals surface area (Å²) in [6, 6.07) is 4.87. The highest BCUT2D eigenvalue weighted by Gasteiger charge is 2.32. The molecule has 1 aliphatic rings. The molecule has 1 aromatic carbocycles. The molecule has 1 aromatic rings. The first-order chi connectivity index (χ1) is 10.0. The van der Waals surface area contributed by atoms with Crippen LogP contribution in [0, 0.1) is 0 Å². The predicted octanol–water partition coefficient (Wildman–Crippen LogP) is 0.606. The molecule has 0 bridgehead atoms. The number of methoxy groups -OCH3 is 1. The maximum Gasteiger partial charge on any atom is 0.243 e. The van der Waals surface area contributed by atoms with Gasteiger partial charge in [-0.2, -0.15) is 4.31 Å². The number of hydrogen-bond acceptors (Lipinski definition) is 5. The standard InChI is InChI=1S/C14H22N2O4S/c1-16(12-6-8-20-10-12)21(17,18)14-4-3-13(19-2)9-11(14)5-7-15/h3-4,9,12H,5-8,10,15H2,1-2H3. The molecule has 7 heteroatoms. The van der Waals surface area contributed by atoms with Gasteiger partial charge >= 0.3 is 0 Å². The van der Waals surface area contributed by atoms with Crippen molar-refractivity contribution < 1.29 is 17.9 Å². The third kappa shape index (κ3) is 3.37. The molecule has 0 amide bonds. The van der Waals surface area contributed by atoms with E-state index in [1.807, 2.05) is 0 Å². The van der Waals surface area contributed by atoms with Crippen LogP contribution in [0.1, 0.15) is 12.0 Å². The first-order valence-corrected chi connectivity index (χ1v) is 8.37. The van der Waals surface area contributed by atoms with Crippen LogP contribution in [0.3, 0.4) is 0 Å². The molecule has 1 fully saturated rings. The minimum atomic E-state index is -3.56. The van der Waals surface area contributed by atoms with Gasteiger partial charge in [-0.25, -0.2) is 8.42 Å². The van der Waals surface area contributed by atoms with E-state index in [2.05, 4.69) is 0 Å². The van der Waals surface area contributed by atoms with Gasteiger partial charge < -0.3 is 15.2 Å². The Morgan fingerprint density at radius 2 is 2.24 bits per heavy atom. The zero-order valence-electron chi connectivity index (χ0n) is 12.4. The molecular weight excluding hydrogens is 292 g/mol. The molecule has 6 nitrogen and oxygen atoms in total. The first kappa shape index (κ1) is 16.2. The fourth-order valence-corrected chi connectivity index (χ4v) is 4.05. The lowest BCUT2D eigenvalue weighted by molar-refractivity contribution is 0.181. The topological polar surface area (TPSA) is 81.9 Å². The van der Waals surface area contributed by atoms with Crippen molar-refractivity contribution >= 4 is 10.0 Å². The molecule has 21 heavy (non-hydrogen) atoms. The van der Waals surface area contributed by atoms with E-state index < -0.39 is 10.0 Å². The van der Waals surface area contributed by atoms with Crippen molar-refractivity contribution in [1.82, 2.24) is 4.31 Å². The molecule has 0 saturated carbocycles. The highest BCUT2D eigenvalue weighted by Crippen LogP contribution is 2.27. The van der Waals surface area contributed by atoms with E-state index >= 15 is 0 Å². The third-order valence-corrected chi connectivity index (χ3v) is 5.77. The van der Waals surface area contributed by atoms with Crippen LogP contribution in [0.4, 0.5) is 0 Å². The summed E-state index contributed by atoms with van der Waals surface area (Å²) in [5.74, 6) is 0.629. The van der Waals surface area contributed by atoms with Crippen molar-refractivity contribution in [2.45, 2.75) is 23.8 Å². The smallest absolute Gasteiger partial charge is 0.243 e. The average molecular weight is 314 g/mol. The van der Waals surface area contributed by atoms with Crippen LogP contribution in [0.2, 0.25) is 0 Å². The Morgan fingerprint density at radius 3 is 2.81 bits per heavy atom. The molecule has 0 spiro atoms. The number of ether oxygens (including phenoxy) is 2. The lowest BCUT2D eigenvalue weighted by Crippen LogP contribution is -2.37. The molecule has 2 N–H and O–H groups in total. The lowest BCUT2D eigenvalue weighted by atomic mass is 10.1. The molecule has 1 atom stereocenters. The van der Waals surface area contributed by atoms with Gasteiger partial charge in [-0.15, -0.1) is 0 Å². The van der Waals surface area contributed by atoms with E-state index in [-0.39, 0.29) is 6.04 Å². The Hall–Kier alpha value is -1.15. The summed E-state index contributed by atoms with van der Waals surface area (Å²) < 4.78 is 37.4. The van der Waals surface area contributed by atoms with Gasteiger partial charge in [0, 0.05) is 13.7 Å². The molecular formula is C14H22N2O4S. The zero-order chi connectivity index (χ0) is 15.5. The minimum Gasteiger partial charge on any atom is -0.497 e. The molecule has 1 unspecified atom stereocenters. The van der Waals surface area contributed by atoms with Crippen molar-refractivity contribution in [3.05, 3.63) is 23.8 Å². The van der Waals surface area contributed by atoms with Crippen molar-refractivity contribution in [1.29, 1.82) is 0 Å². The van der Waals surface area contributed by atoms with Crippen LogP contribution in [-0.2, 0) is 21.2 Å². The molecule has 1 aliphatic heterocycles.